The van der Waals surface area contributed by atoms with Gasteiger partial charge in [-0.05, 0) is 6.92 Å². The average molecular weight is 1580 g/mol. The molecule has 28 N–H and O–H groups in total. The second-order valence-electron chi connectivity index (χ2n) is 27.4. The Morgan fingerprint density at radius 3 is 0.991 bits per heavy atom. The van der Waals surface area contributed by atoms with Gasteiger partial charge in [0, 0.05) is 20.8 Å². The first kappa shape index (κ1) is 88.7. The van der Waals surface area contributed by atoms with Gasteiger partial charge in [0.25, 0.3) is 0 Å². The van der Waals surface area contributed by atoms with E-state index < -0.39 is 347 Å². The Kier molecular flexibility index (Phi) is 31.6. The highest BCUT2D eigenvalue weighted by atomic mass is 16.8. The molecule has 0 aliphatic carbocycles. The van der Waals surface area contributed by atoms with Gasteiger partial charge in [-0.2, -0.15) is 0 Å². The Hall–Kier alpha value is -3.27. The van der Waals surface area contributed by atoms with Crippen LogP contribution in [0.4, 0.5) is 0 Å². The first-order valence-corrected chi connectivity index (χ1v) is 34.5. The van der Waals surface area contributed by atoms with Crippen molar-refractivity contribution in [3.05, 3.63) is 0 Å². The Labute approximate surface area is 611 Å². The molecule has 9 fully saturated rings. The standard InChI is InChI=1S/C60H101N3O45/c1-13-28(74)35(81)40(86)56(93-13)105-48-23(11-70)100-55(27(63-16(4)73)49(48)106-58-42(88)37(83)30(76)18(6-65)96-58)108-51-32(78)24(12-92-53-25(61-14(2)71)33(79)45(21(9-68)98-53)102-57-41(87)36(82)29(75)17(5-64)95-57)101-60(44(51)90)103-46-22(10-69)99-54(26(34(46)80)62-15(3)72)107-50-31(77)19(7-66)97-59(43(50)89)104-47-20(8-67)94-52(91)39(85)38(47)84/h13,17-60,64-70,74-91H,5-12H2,1-4H3,(H,61,71)(H,62,72)(H,63,73)/t13-,17+,18+,19+,20+,21+,22+,23+,24+,25+,26+,27-,28+,29-,30-,31-,32-,33+,34+,35+,36-,37-,38+,39+,40-,41+,42-,43+,44+,45+,46+,47+,48+,49+,50-,51-,52?,53+,54-,55-,56-,57-,58-,59-,60-/m0/s1. The fourth-order valence-electron chi connectivity index (χ4n) is 14.0. The molecule has 0 aromatic heterocycles. The van der Waals surface area contributed by atoms with Crippen molar-refractivity contribution in [2.75, 3.05) is 52.9 Å². The van der Waals surface area contributed by atoms with Crippen LogP contribution in [-0.2, 0) is 94.9 Å². The van der Waals surface area contributed by atoms with Crippen LogP contribution in [0.2, 0.25) is 0 Å². The Morgan fingerprint density at radius 2 is 0.556 bits per heavy atom. The summed E-state index contributed by atoms with van der Waals surface area (Å²) < 4.78 is 100. The minimum Gasteiger partial charge on any atom is -0.394 e. The molecule has 9 rings (SSSR count). The molecule has 0 saturated carbocycles. The van der Waals surface area contributed by atoms with E-state index in [1.54, 1.807) is 0 Å². The van der Waals surface area contributed by atoms with Crippen molar-refractivity contribution in [2.24, 2.45) is 0 Å². The van der Waals surface area contributed by atoms with Crippen molar-refractivity contribution in [1.29, 1.82) is 0 Å². The molecule has 48 heteroatoms. The number of amides is 3. The molecule has 0 aromatic carbocycles. The smallest absolute Gasteiger partial charge is 0.217 e. The van der Waals surface area contributed by atoms with Gasteiger partial charge < -0.3 is 224 Å². The fourth-order valence-corrected chi connectivity index (χ4v) is 14.0. The number of hydrogen-bond donors (Lipinski definition) is 28. The molecule has 9 saturated heterocycles. The lowest BCUT2D eigenvalue weighted by atomic mass is 9.93. The predicted octanol–water partition coefficient (Wildman–Crippen LogP) is -19.2. The van der Waals surface area contributed by atoms with E-state index in [1.165, 1.54) is 6.92 Å². The first-order chi connectivity index (χ1) is 51.1. The lowest BCUT2D eigenvalue weighted by Crippen LogP contribution is -2.71. The summed E-state index contributed by atoms with van der Waals surface area (Å²) in [5, 5.41) is 282. The lowest BCUT2D eigenvalue weighted by molar-refractivity contribution is -0.395. The maximum absolute atomic E-state index is 13.5. The van der Waals surface area contributed by atoms with Crippen LogP contribution in [0.15, 0.2) is 0 Å². The van der Waals surface area contributed by atoms with Gasteiger partial charge in [0.05, 0.1) is 59.0 Å². The van der Waals surface area contributed by atoms with Crippen LogP contribution < -0.4 is 16.0 Å². The van der Waals surface area contributed by atoms with E-state index in [0.717, 1.165) is 20.8 Å². The molecule has 0 radical (unpaired) electrons. The summed E-state index contributed by atoms with van der Waals surface area (Å²) in [6.45, 7) is -4.61. The van der Waals surface area contributed by atoms with Crippen LogP contribution in [0.3, 0.4) is 0 Å². The summed E-state index contributed by atoms with van der Waals surface area (Å²) in [6.07, 6.45) is -85.6. The number of ether oxygens (including phenoxy) is 17. The number of aliphatic hydroxyl groups is 25. The molecule has 1 unspecified atom stereocenters. The van der Waals surface area contributed by atoms with Crippen LogP contribution in [0.1, 0.15) is 27.7 Å². The van der Waals surface area contributed by atoms with Crippen LogP contribution in [0, 0.1) is 0 Å². The van der Waals surface area contributed by atoms with Gasteiger partial charge in [0.1, 0.15) is 213 Å². The van der Waals surface area contributed by atoms with Crippen LogP contribution in [0.5, 0.6) is 0 Å². The van der Waals surface area contributed by atoms with Crippen molar-refractivity contribution < 1.29 is 223 Å². The molecule has 626 valence electrons. The molecular formula is C60H101N3O45. The number of carbonyl (C=O) groups is 3. The van der Waals surface area contributed by atoms with Gasteiger partial charge in [-0.25, -0.2) is 0 Å². The van der Waals surface area contributed by atoms with Gasteiger partial charge in [-0.1, -0.05) is 0 Å². The molecular weight excluding hydrogens is 1480 g/mol. The number of nitrogens with one attached hydrogen (secondary N) is 3. The van der Waals surface area contributed by atoms with Gasteiger partial charge in [-0.15, -0.1) is 0 Å². The van der Waals surface area contributed by atoms with Crippen molar-refractivity contribution in [3.8, 4) is 0 Å². The first-order valence-electron chi connectivity index (χ1n) is 34.5. The van der Waals surface area contributed by atoms with Gasteiger partial charge in [0.2, 0.25) is 17.7 Å². The third-order valence-electron chi connectivity index (χ3n) is 19.9. The molecule has 48 nitrogen and oxygen atoms in total. The molecule has 9 heterocycles. The van der Waals surface area contributed by atoms with Crippen molar-refractivity contribution in [3.63, 3.8) is 0 Å². The summed E-state index contributed by atoms with van der Waals surface area (Å²) in [5.74, 6) is -2.90. The molecule has 108 heavy (non-hydrogen) atoms. The molecule has 0 spiro atoms. The predicted molar refractivity (Wildman–Crippen MR) is 330 cm³/mol. The lowest BCUT2D eigenvalue weighted by Gasteiger charge is -2.52. The summed E-state index contributed by atoms with van der Waals surface area (Å²) in [6, 6.07) is -5.88. The molecule has 3 amide bonds. The summed E-state index contributed by atoms with van der Waals surface area (Å²) in [4.78, 5) is 39.5. The summed E-state index contributed by atoms with van der Waals surface area (Å²) in [7, 11) is 0. The highest BCUT2D eigenvalue weighted by Gasteiger charge is 2.61. The number of carbonyl (C=O) groups excluding carboxylic acids is 3. The maximum atomic E-state index is 13.5. The quantitative estimate of drug-likeness (QED) is 0.0363. The molecule has 9 aliphatic heterocycles. The van der Waals surface area contributed by atoms with Crippen LogP contribution in [-0.4, -0.2) is 474 Å². The normalized spacial score (nSPS) is 50.4. The Balaban J connectivity index is 1.06. The minimum atomic E-state index is -2.55. The third-order valence-corrected chi connectivity index (χ3v) is 19.9. The van der Waals surface area contributed by atoms with E-state index in [-0.39, 0.29) is 0 Å². The van der Waals surface area contributed by atoms with E-state index in [1.807, 2.05) is 0 Å². The van der Waals surface area contributed by atoms with E-state index >= 15 is 0 Å². The largest absolute Gasteiger partial charge is 0.394 e. The highest BCUT2D eigenvalue weighted by molar-refractivity contribution is 5.74. The fraction of sp³-hybridized carbons (Fsp3) is 0.950. The number of hydrogen-bond acceptors (Lipinski definition) is 45. The summed E-state index contributed by atoms with van der Waals surface area (Å²) >= 11 is 0. The van der Waals surface area contributed by atoms with E-state index in [2.05, 4.69) is 16.0 Å². The number of aliphatic hydroxyl groups excluding tert-OH is 25. The Morgan fingerprint density at radius 1 is 0.259 bits per heavy atom. The molecule has 0 bridgehead atoms. The van der Waals surface area contributed by atoms with Crippen molar-refractivity contribution in [1.82, 2.24) is 16.0 Å². The second kappa shape index (κ2) is 38.5. The van der Waals surface area contributed by atoms with E-state index in [9.17, 15) is 142 Å². The monoisotopic (exact) mass is 1580 g/mol. The maximum Gasteiger partial charge on any atom is 0.217 e. The van der Waals surface area contributed by atoms with E-state index in [4.69, 9.17) is 80.5 Å². The summed E-state index contributed by atoms with van der Waals surface area (Å²) in [5.41, 5.74) is 0. The van der Waals surface area contributed by atoms with Gasteiger partial charge >= 0.3 is 0 Å². The molecule has 45 atom stereocenters. The zero-order valence-electron chi connectivity index (χ0n) is 58.0. The zero-order valence-corrected chi connectivity index (χ0v) is 58.0. The van der Waals surface area contributed by atoms with Gasteiger partial charge in [-0.3, -0.25) is 14.4 Å². The molecule has 9 aliphatic rings. The molecule has 0 aromatic rings. The van der Waals surface area contributed by atoms with E-state index in [0.29, 0.717) is 0 Å². The third kappa shape index (κ3) is 19.1. The van der Waals surface area contributed by atoms with Crippen LogP contribution >= 0.6 is 0 Å². The van der Waals surface area contributed by atoms with Gasteiger partial charge in [0.15, 0.2) is 56.6 Å². The van der Waals surface area contributed by atoms with Crippen LogP contribution in [0.25, 0.3) is 0 Å². The minimum absolute atomic E-state index is 0.905. The average Bonchev–Trinajstić information content (AvgIpc) is 0.761. The Bertz CT molecular complexity index is 2820. The number of rotatable bonds is 27. The van der Waals surface area contributed by atoms with Crippen molar-refractivity contribution >= 4 is 17.7 Å². The van der Waals surface area contributed by atoms with Crippen molar-refractivity contribution in [2.45, 2.75) is 304 Å². The second-order valence-corrected chi connectivity index (χ2v) is 27.4. The zero-order chi connectivity index (χ0) is 79.5. The topological polar surface area (TPSA) is 750 Å². The SMILES string of the molecule is CC(=O)N[C@@H]1[C@H](O[C@H]2[C@@H](O)[C@@H](CO[C@@H]3O[C@H](CO)[C@@H](O[C@@H]4O[C@H](CO)[C@H](O)[C@H](O)[C@H]4O)[C@H](O)[C@H]3NC(C)=O)O[C@@H](O[C@H]3[C@H](O)[C@@H](NC(C)=O)[C@H](O[C@H]4[C@@H](O)[C@@H](CO)O[C@@H](O[C@H]5[C@H](O)[C@@H](O)C(O)O[C@@H]5CO)[C@@H]4O)O[C@@H]3CO)[C@@H]2O)O[C@H](CO)[C@@H](O[C@@H]2O[C@@H](C)[C@@H](O)[C@@H](O)[C@@H]2O)[C@@H]1O[C@@H]1O[C@H](CO)[C@H](O)[C@H](O)[C@@H]1O. The highest BCUT2D eigenvalue weighted by Crippen LogP contribution is 2.40.